The fourth-order valence-corrected chi connectivity index (χ4v) is 6.10. The highest BCUT2D eigenvalue weighted by Crippen LogP contribution is 2.61. The van der Waals surface area contributed by atoms with E-state index in [2.05, 4.69) is 0 Å². The molecule has 0 saturated heterocycles. The van der Waals surface area contributed by atoms with Crippen LogP contribution in [0.15, 0.2) is 0 Å². The molecule has 4 aliphatic carbocycles. The maximum absolute atomic E-state index is 11.7. The summed E-state index contributed by atoms with van der Waals surface area (Å²) < 4.78 is 4.96. The summed E-state index contributed by atoms with van der Waals surface area (Å²) in [6.45, 7) is 0. The van der Waals surface area contributed by atoms with Gasteiger partial charge in [0, 0.05) is 0 Å². The van der Waals surface area contributed by atoms with Crippen molar-refractivity contribution in [2.24, 2.45) is 41.4 Å². The number of fused-ring (bicyclic) bond motifs is 4. The van der Waals surface area contributed by atoms with Crippen molar-refractivity contribution < 1.29 is 9.53 Å². The molecule has 7 atom stereocenters. The standard InChI is InChI=1S/C16H24O2/c1-18-16(17)15-8-11-6-12(15)7-14(11)13-5-9-2-3-10(13)4-9/h9-15H,2-8H2,1H3/t9-,10+,11-,12-,13?,14?,15?/m1/s1. The Morgan fingerprint density at radius 2 is 1.72 bits per heavy atom. The molecule has 2 nitrogen and oxygen atoms in total. The summed E-state index contributed by atoms with van der Waals surface area (Å²) in [7, 11) is 1.54. The number of esters is 1. The number of methoxy groups -OCH3 is 1. The van der Waals surface area contributed by atoms with Gasteiger partial charge < -0.3 is 4.74 Å². The van der Waals surface area contributed by atoms with Crippen LogP contribution in [0, 0.1) is 41.4 Å². The molecular formula is C16H24O2. The quantitative estimate of drug-likeness (QED) is 0.701. The lowest BCUT2D eigenvalue weighted by Crippen LogP contribution is -2.31. The Morgan fingerprint density at radius 3 is 2.28 bits per heavy atom. The van der Waals surface area contributed by atoms with E-state index in [1.54, 1.807) is 7.11 Å². The zero-order valence-corrected chi connectivity index (χ0v) is 11.3. The molecule has 0 N–H and O–H groups in total. The highest BCUT2D eigenvalue weighted by molar-refractivity contribution is 5.73. The van der Waals surface area contributed by atoms with Gasteiger partial charge in [-0.2, -0.15) is 0 Å². The lowest BCUT2D eigenvalue weighted by molar-refractivity contribution is -0.147. The zero-order valence-electron chi connectivity index (χ0n) is 11.3. The molecular weight excluding hydrogens is 224 g/mol. The van der Waals surface area contributed by atoms with Crippen LogP contribution in [-0.4, -0.2) is 13.1 Å². The minimum absolute atomic E-state index is 0.0638. The summed E-state index contributed by atoms with van der Waals surface area (Å²) in [6, 6.07) is 0. The maximum atomic E-state index is 11.7. The van der Waals surface area contributed by atoms with Crippen molar-refractivity contribution in [1.82, 2.24) is 0 Å². The molecule has 4 rings (SSSR count). The number of carbonyl (C=O) groups is 1. The van der Waals surface area contributed by atoms with Crippen molar-refractivity contribution in [3.05, 3.63) is 0 Å². The highest BCUT2D eigenvalue weighted by atomic mass is 16.5. The summed E-state index contributed by atoms with van der Waals surface area (Å²) in [6.07, 6.45) is 9.84. The zero-order chi connectivity index (χ0) is 12.3. The maximum Gasteiger partial charge on any atom is 0.308 e. The Hall–Kier alpha value is -0.530. The predicted molar refractivity (Wildman–Crippen MR) is 68.8 cm³/mol. The second kappa shape index (κ2) is 3.98. The number of rotatable bonds is 2. The Balaban J connectivity index is 1.45. The van der Waals surface area contributed by atoms with Gasteiger partial charge >= 0.3 is 5.97 Å². The molecule has 4 saturated carbocycles. The van der Waals surface area contributed by atoms with Crippen LogP contribution >= 0.6 is 0 Å². The van der Waals surface area contributed by atoms with Gasteiger partial charge in [0.2, 0.25) is 0 Å². The van der Waals surface area contributed by atoms with Gasteiger partial charge in [0.15, 0.2) is 0 Å². The highest BCUT2D eigenvalue weighted by Gasteiger charge is 2.54. The second-order valence-corrected chi connectivity index (χ2v) is 7.36. The van der Waals surface area contributed by atoms with Gasteiger partial charge in [-0.25, -0.2) is 0 Å². The molecule has 4 fully saturated rings. The van der Waals surface area contributed by atoms with Crippen molar-refractivity contribution in [2.75, 3.05) is 7.11 Å². The van der Waals surface area contributed by atoms with Gasteiger partial charge in [-0.05, 0) is 74.0 Å². The molecule has 0 aliphatic heterocycles. The summed E-state index contributed by atoms with van der Waals surface area (Å²) in [5.41, 5.74) is 0. The third kappa shape index (κ3) is 1.50. The smallest absolute Gasteiger partial charge is 0.308 e. The van der Waals surface area contributed by atoms with Gasteiger partial charge in [-0.15, -0.1) is 0 Å². The molecule has 0 aromatic carbocycles. The first-order valence-corrected chi connectivity index (χ1v) is 7.84. The first-order chi connectivity index (χ1) is 8.76. The molecule has 4 aliphatic rings. The van der Waals surface area contributed by atoms with Gasteiger partial charge in [0.25, 0.3) is 0 Å². The normalized spacial score (nSPS) is 53.1. The van der Waals surface area contributed by atoms with Gasteiger partial charge in [-0.3, -0.25) is 4.79 Å². The van der Waals surface area contributed by atoms with Crippen LogP contribution in [0.2, 0.25) is 0 Å². The summed E-state index contributed by atoms with van der Waals surface area (Å²) in [5, 5.41) is 0. The fourth-order valence-electron chi connectivity index (χ4n) is 6.10. The van der Waals surface area contributed by atoms with Gasteiger partial charge in [-0.1, -0.05) is 6.42 Å². The Labute approximate surface area is 109 Å². The van der Waals surface area contributed by atoms with Crippen LogP contribution in [0.25, 0.3) is 0 Å². The van der Waals surface area contributed by atoms with Crippen molar-refractivity contribution in [1.29, 1.82) is 0 Å². The lowest BCUT2D eigenvalue weighted by Gasteiger charge is -2.35. The van der Waals surface area contributed by atoms with Gasteiger partial charge in [0.1, 0.15) is 0 Å². The Morgan fingerprint density at radius 1 is 0.889 bits per heavy atom. The molecule has 0 amide bonds. The minimum Gasteiger partial charge on any atom is -0.469 e. The summed E-state index contributed by atoms with van der Waals surface area (Å²) in [4.78, 5) is 11.7. The van der Waals surface area contributed by atoms with Crippen molar-refractivity contribution in [2.45, 2.75) is 44.9 Å². The van der Waals surface area contributed by atoms with Crippen LogP contribution in [-0.2, 0) is 9.53 Å². The van der Waals surface area contributed by atoms with E-state index in [9.17, 15) is 4.79 Å². The summed E-state index contributed by atoms with van der Waals surface area (Å²) in [5.74, 6) is 5.92. The molecule has 0 radical (unpaired) electrons. The molecule has 4 bridgehead atoms. The third-order valence-corrected chi connectivity index (χ3v) is 6.76. The predicted octanol–water partition coefficient (Wildman–Crippen LogP) is 3.26. The fraction of sp³-hybridized carbons (Fsp3) is 0.938. The molecule has 100 valence electrons. The van der Waals surface area contributed by atoms with E-state index in [-0.39, 0.29) is 11.9 Å². The largest absolute Gasteiger partial charge is 0.469 e. The first kappa shape index (κ1) is 11.3. The average molecular weight is 248 g/mol. The van der Waals surface area contributed by atoms with Crippen molar-refractivity contribution >= 4 is 5.97 Å². The van der Waals surface area contributed by atoms with E-state index in [1.165, 1.54) is 38.5 Å². The van der Waals surface area contributed by atoms with Crippen LogP contribution in [0.4, 0.5) is 0 Å². The van der Waals surface area contributed by atoms with E-state index in [0.29, 0.717) is 5.92 Å². The third-order valence-electron chi connectivity index (χ3n) is 6.76. The number of hydrogen-bond donors (Lipinski definition) is 0. The lowest BCUT2D eigenvalue weighted by atomic mass is 9.70. The van der Waals surface area contributed by atoms with Crippen molar-refractivity contribution in [3.63, 3.8) is 0 Å². The first-order valence-electron chi connectivity index (χ1n) is 7.84. The monoisotopic (exact) mass is 248 g/mol. The number of carbonyl (C=O) groups excluding carboxylic acids is 1. The Bertz CT molecular complexity index is 364. The second-order valence-electron chi connectivity index (χ2n) is 7.36. The number of ether oxygens (including phenoxy) is 1. The van der Waals surface area contributed by atoms with Crippen LogP contribution in [0.1, 0.15) is 44.9 Å². The Kier molecular flexibility index (Phi) is 2.50. The van der Waals surface area contributed by atoms with E-state index < -0.39 is 0 Å². The molecule has 0 aromatic heterocycles. The molecule has 0 heterocycles. The minimum atomic E-state index is 0.0638. The van der Waals surface area contributed by atoms with E-state index in [1.807, 2.05) is 0 Å². The summed E-state index contributed by atoms with van der Waals surface area (Å²) >= 11 is 0. The molecule has 0 spiro atoms. The van der Waals surface area contributed by atoms with E-state index in [0.717, 1.165) is 36.0 Å². The van der Waals surface area contributed by atoms with Crippen LogP contribution < -0.4 is 0 Å². The number of hydrogen-bond acceptors (Lipinski definition) is 2. The van der Waals surface area contributed by atoms with E-state index in [4.69, 9.17) is 4.74 Å². The van der Waals surface area contributed by atoms with Crippen LogP contribution in [0.3, 0.4) is 0 Å². The van der Waals surface area contributed by atoms with Crippen LogP contribution in [0.5, 0.6) is 0 Å². The topological polar surface area (TPSA) is 26.3 Å². The molecule has 3 unspecified atom stereocenters. The average Bonchev–Trinajstić information content (AvgIpc) is 3.14. The van der Waals surface area contributed by atoms with E-state index >= 15 is 0 Å². The molecule has 0 aromatic rings. The SMILES string of the molecule is COC(=O)C1C[C@H]2C[C@@H]1CC2C1C[C@@H]2CC[C@H]1C2. The molecule has 18 heavy (non-hydrogen) atoms. The van der Waals surface area contributed by atoms with Crippen molar-refractivity contribution in [3.8, 4) is 0 Å². The molecule has 2 heteroatoms. The van der Waals surface area contributed by atoms with Gasteiger partial charge in [0.05, 0.1) is 13.0 Å².